The summed E-state index contributed by atoms with van der Waals surface area (Å²) in [6.07, 6.45) is 1.03. The molecule has 1 fully saturated rings. The zero-order chi connectivity index (χ0) is 18.5. The fourth-order valence-corrected chi connectivity index (χ4v) is 2.96. The van der Waals surface area contributed by atoms with Gasteiger partial charge in [-0.1, -0.05) is 11.6 Å². The fourth-order valence-electron chi connectivity index (χ4n) is 2.83. The molecule has 6 nitrogen and oxygen atoms in total. The van der Waals surface area contributed by atoms with Crippen molar-refractivity contribution in [3.8, 4) is 5.88 Å². The number of likely N-dealkylation sites (tertiary alicyclic amines) is 1. The van der Waals surface area contributed by atoms with Crippen LogP contribution in [-0.2, 0) is 4.79 Å². The zero-order valence-electron chi connectivity index (χ0n) is 14.5. The van der Waals surface area contributed by atoms with Crippen LogP contribution in [0.5, 0.6) is 5.88 Å². The van der Waals surface area contributed by atoms with Gasteiger partial charge in [-0.05, 0) is 37.3 Å². The molecule has 2 aromatic rings. The first-order chi connectivity index (χ1) is 12.5. The highest BCUT2D eigenvalue weighted by molar-refractivity contribution is 6.30. The lowest BCUT2D eigenvalue weighted by Crippen LogP contribution is -2.31. The summed E-state index contributed by atoms with van der Waals surface area (Å²) < 4.78 is 5.77. The molecule has 1 amide bonds. The van der Waals surface area contributed by atoms with E-state index in [0.717, 1.165) is 12.1 Å². The van der Waals surface area contributed by atoms with Crippen molar-refractivity contribution in [3.63, 3.8) is 0 Å². The van der Waals surface area contributed by atoms with Crippen LogP contribution in [0.4, 0.5) is 0 Å². The highest BCUT2D eigenvalue weighted by Gasteiger charge is 2.28. The van der Waals surface area contributed by atoms with E-state index in [0.29, 0.717) is 29.6 Å². The van der Waals surface area contributed by atoms with Crippen LogP contribution in [0.1, 0.15) is 35.3 Å². The van der Waals surface area contributed by atoms with Crippen LogP contribution in [0.15, 0.2) is 36.4 Å². The molecule has 1 aromatic carbocycles. The third-order valence-corrected chi connectivity index (χ3v) is 4.54. The van der Waals surface area contributed by atoms with Crippen molar-refractivity contribution in [2.75, 3.05) is 13.1 Å². The van der Waals surface area contributed by atoms with Gasteiger partial charge in [-0.2, -0.15) is 5.10 Å². The molecule has 1 aliphatic heterocycles. The number of rotatable bonds is 6. The van der Waals surface area contributed by atoms with Crippen LogP contribution < -0.4 is 4.74 Å². The first-order valence-electron chi connectivity index (χ1n) is 8.55. The predicted octanol–water partition coefficient (Wildman–Crippen LogP) is 3.08. The largest absolute Gasteiger partial charge is 0.471 e. The summed E-state index contributed by atoms with van der Waals surface area (Å²) in [4.78, 5) is 26.2. The van der Waals surface area contributed by atoms with Gasteiger partial charge < -0.3 is 9.64 Å². The lowest BCUT2D eigenvalue weighted by Gasteiger charge is -2.16. The topological polar surface area (TPSA) is 72.4 Å². The molecule has 0 aliphatic carbocycles. The van der Waals surface area contributed by atoms with E-state index in [4.69, 9.17) is 16.3 Å². The summed E-state index contributed by atoms with van der Waals surface area (Å²) in [6, 6.07) is 10.3. The second-order valence-corrected chi connectivity index (χ2v) is 6.75. The minimum atomic E-state index is -0.0945. The summed E-state index contributed by atoms with van der Waals surface area (Å²) in [6.45, 7) is 2.99. The SMILES string of the molecule is Cc1ccc(OC2CCN(C(=O)CCC(=O)c3ccc(Cl)cc3)C2)nn1. The highest BCUT2D eigenvalue weighted by atomic mass is 35.5. The van der Waals surface area contributed by atoms with Gasteiger partial charge in [0.15, 0.2) is 5.78 Å². The molecule has 2 heterocycles. The normalized spacial score (nSPS) is 16.5. The molecule has 3 rings (SSSR count). The maximum absolute atomic E-state index is 12.3. The van der Waals surface area contributed by atoms with Gasteiger partial charge in [0.25, 0.3) is 0 Å². The van der Waals surface area contributed by atoms with Gasteiger partial charge in [-0.25, -0.2) is 0 Å². The minimum absolute atomic E-state index is 0.0339. The maximum Gasteiger partial charge on any atom is 0.233 e. The Bertz CT molecular complexity index is 778. The number of hydrogen-bond acceptors (Lipinski definition) is 5. The number of amides is 1. The zero-order valence-corrected chi connectivity index (χ0v) is 15.3. The summed E-state index contributed by atoms with van der Waals surface area (Å²) in [5, 5.41) is 8.52. The van der Waals surface area contributed by atoms with Gasteiger partial charge in [-0.3, -0.25) is 9.59 Å². The van der Waals surface area contributed by atoms with E-state index < -0.39 is 0 Å². The molecule has 1 aromatic heterocycles. The van der Waals surface area contributed by atoms with Crippen molar-refractivity contribution in [1.82, 2.24) is 15.1 Å². The van der Waals surface area contributed by atoms with Gasteiger partial charge in [0.2, 0.25) is 11.8 Å². The molecule has 0 saturated carbocycles. The number of aromatic nitrogens is 2. The second-order valence-electron chi connectivity index (χ2n) is 6.31. The molecular formula is C19H20ClN3O3. The molecule has 1 unspecified atom stereocenters. The number of ketones is 1. The highest BCUT2D eigenvalue weighted by Crippen LogP contribution is 2.18. The van der Waals surface area contributed by atoms with Crippen LogP contribution in [0, 0.1) is 6.92 Å². The predicted molar refractivity (Wildman–Crippen MR) is 97.4 cm³/mol. The van der Waals surface area contributed by atoms with Gasteiger partial charge in [-0.15, -0.1) is 5.10 Å². The van der Waals surface area contributed by atoms with Crippen LogP contribution in [0.2, 0.25) is 5.02 Å². The van der Waals surface area contributed by atoms with Crippen molar-refractivity contribution in [3.05, 3.63) is 52.7 Å². The summed E-state index contributed by atoms with van der Waals surface area (Å²) >= 11 is 5.82. The number of aryl methyl sites for hydroxylation is 1. The molecule has 136 valence electrons. The third-order valence-electron chi connectivity index (χ3n) is 4.29. The summed E-state index contributed by atoms with van der Waals surface area (Å²) in [5.74, 6) is 0.373. The fraction of sp³-hybridized carbons (Fsp3) is 0.368. The van der Waals surface area contributed by atoms with Gasteiger partial charge >= 0.3 is 0 Å². The Hall–Kier alpha value is -2.47. The Morgan fingerprint density at radius 3 is 2.62 bits per heavy atom. The summed E-state index contributed by atoms with van der Waals surface area (Å²) in [5.41, 5.74) is 1.40. The van der Waals surface area contributed by atoms with Crippen LogP contribution in [-0.4, -0.2) is 46.0 Å². The van der Waals surface area contributed by atoms with Crippen molar-refractivity contribution >= 4 is 23.3 Å². The van der Waals surface area contributed by atoms with E-state index in [2.05, 4.69) is 10.2 Å². The Kier molecular flexibility index (Phi) is 5.83. The van der Waals surface area contributed by atoms with E-state index in [1.807, 2.05) is 13.0 Å². The Labute approximate surface area is 157 Å². The number of ether oxygens (including phenoxy) is 1. The number of Topliss-reactive ketones (excluding diaryl/α,β-unsaturated/α-hetero) is 1. The van der Waals surface area contributed by atoms with E-state index in [1.54, 1.807) is 35.2 Å². The Morgan fingerprint density at radius 1 is 1.15 bits per heavy atom. The van der Waals surface area contributed by atoms with Crippen molar-refractivity contribution in [2.24, 2.45) is 0 Å². The number of nitrogens with zero attached hydrogens (tertiary/aromatic N) is 3. The van der Waals surface area contributed by atoms with Crippen molar-refractivity contribution in [1.29, 1.82) is 0 Å². The van der Waals surface area contributed by atoms with Crippen molar-refractivity contribution < 1.29 is 14.3 Å². The van der Waals surface area contributed by atoms with Crippen LogP contribution in [0.25, 0.3) is 0 Å². The van der Waals surface area contributed by atoms with Crippen molar-refractivity contribution in [2.45, 2.75) is 32.3 Å². The first kappa shape index (κ1) is 18.3. The smallest absolute Gasteiger partial charge is 0.233 e. The molecule has 7 heteroatoms. The number of hydrogen-bond donors (Lipinski definition) is 0. The molecule has 1 atom stereocenters. The molecule has 1 aliphatic rings. The van der Waals surface area contributed by atoms with Gasteiger partial charge in [0.05, 0.1) is 12.2 Å². The molecule has 0 spiro atoms. The van der Waals surface area contributed by atoms with Gasteiger partial charge in [0.1, 0.15) is 6.10 Å². The Balaban J connectivity index is 1.46. The van der Waals surface area contributed by atoms with E-state index >= 15 is 0 Å². The standard InChI is InChI=1S/C19H20ClN3O3/c1-13-2-8-18(22-21-13)26-16-10-11-23(12-16)19(25)9-7-17(24)14-3-5-15(20)6-4-14/h2-6,8,16H,7,9-12H2,1H3. The lowest BCUT2D eigenvalue weighted by atomic mass is 10.1. The minimum Gasteiger partial charge on any atom is -0.471 e. The molecular weight excluding hydrogens is 354 g/mol. The second kappa shape index (κ2) is 8.27. The number of halogens is 1. The number of carbonyl (C=O) groups is 2. The van der Waals surface area contributed by atoms with E-state index in [-0.39, 0.29) is 30.6 Å². The average Bonchev–Trinajstić information content (AvgIpc) is 3.10. The van der Waals surface area contributed by atoms with Gasteiger partial charge in [0, 0.05) is 42.5 Å². The van der Waals surface area contributed by atoms with Crippen LogP contribution in [0.3, 0.4) is 0 Å². The third kappa shape index (κ3) is 4.79. The van der Waals surface area contributed by atoms with E-state index in [1.165, 1.54) is 0 Å². The quantitative estimate of drug-likeness (QED) is 0.727. The molecule has 0 N–H and O–H groups in total. The monoisotopic (exact) mass is 373 g/mol. The van der Waals surface area contributed by atoms with E-state index in [9.17, 15) is 9.59 Å². The molecule has 1 saturated heterocycles. The number of benzene rings is 1. The Morgan fingerprint density at radius 2 is 1.92 bits per heavy atom. The number of carbonyl (C=O) groups excluding carboxylic acids is 2. The average molecular weight is 374 g/mol. The summed E-state index contributed by atoms with van der Waals surface area (Å²) in [7, 11) is 0. The molecule has 0 radical (unpaired) electrons. The van der Waals surface area contributed by atoms with Crippen LogP contribution >= 0.6 is 11.6 Å². The lowest BCUT2D eigenvalue weighted by molar-refractivity contribution is -0.130. The maximum atomic E-state index is 12.3. The molecule has 26 heavy (non-hydrogen) atoms. The molecule has 0 bridgehead atoms. The first-order valence-corrected chi connectivity index (χ1v) is 8.92.